The molecule has 0 rings (SSSR count). The van der Waals surface area contributed by atoms with Crippen molar-refractivity contribution in [3.8, 4) is 0 Å². The van der Waals surface area contributed by atoms with E-state index in [4.69, 9.17) is 21.7 Å². The van der Waals surface area contributed by atoms with E-state index >= 15 is 0 Å². The van der Waals surface area contributed by atoms with Crippen LogP contribution in [0.5, 0.6) is 0 Å². The van der Waals surface area contributed by atoms with Crippen molar-refractivity contribution in [2.45, 2.75) is 31.3 Å². The summed E-state index contributed by atoms with van der Waals surface area (Å²) in [7, 11) is 0. The Kier molecular flexibility index (Phi) is 8.15. The van der Waals surface area contributed by atoms with Gasteiger partial charge in [0.25, 0.3) is 0 Å². The Bertz CT molecular complexity index is 465. The molecule has 0 radical (unpaired) electrons. The van der Waals surface area contributed by atoms with Crippen molar-refractivity contribution in [1.82, 2.24) is 10.6 Å². The van der Waals surface area contributed by atoms with Crippen molar-refractivity contribution < 1.29 is 34.2 Å². The molecule has 0 aliphatic carbocycles. The molecule has 0 aliphatic rings. The molecule has 11 heteroatoms. The molecule has 0 fully saturated rings. The molecule has 3 amide bonds. The van der Waals surface area contributed by atoms with E-state index in [-0.39, 0.29) is 6.42 Å². The number of hydrogen-bond acceptors (Lipinski definition) is 6. The minimum Gasteiger partial charge on any atom is -0.481 e. The lowest BCUT2D eigenvalue weighted by molar-refractivity contribution is -0.140. The lowest BCUT2D eigenvalue weighted by Crippen LogP contribution is -2.53. The Hall–Kier alpha value is -2.69. The highest BCUT2D eigenvalue weighted by molar-refractivity contribution is 5.93. The van der Waals surface area contributed by atoms with E-state index in [2.05, 4.69) is 5.32 Å². The number of hydrogen-bond donors (Lipinski definition) is 6. The molecule has 11 nitrogen and oxygen atoms in total. The van der Waals surface area contributed by atoms with Gasteiger partial charge in [-0.15, -0.1) is 0 Å². The zero-order valence-electron chi connectivity index (χ0n) is 11.6. The average molecular weight is 318 g/mol. The molecule has 0 aromatic rings. The molecule has 0 spiro atoms. The van der Waals surface area contributed by atoms with Gasteiger partial charge in [-0.2, -0.15) is 0 Å². The second-order valence-electron chi connectivity index (χ2n) is 4.38. The van der Waals surface area contributed by atoms with E-state index in [1.165, 1.54) is 0 Å². The third kappa shape index (κ3) is 8.47. The number of primary amides is 1. The smallest absolute Gasteiger partial charge is 0.322 e. The minimum absolute atomic E-state index is 0.268. The summed E-state index contributed by atoms with van der Waals surface area (Å²) >= 11 is 0. The number of amides is 3. The van der Waals surface area contributed by atoms with Crippen molar-refractivity contribution in [1.29, 1.82) is 0 Å². The zero-order chi connectivity index (χ0) is 17.3. The summed E-state index contributed by atoms with van der Waals surface area (Å²) in [6.07, 6.45) is -1.15. The van der Waals surface area contributed by atoms with E-state index in [0.29, 0.717) is 0 Å². The molecule has 0 bridgehead atoms. The van der Waals surface area contributed by atoms with Crippen LogP contribution in [0.3, 0.4) is 0 Å². The van der Waals surface area contributed by atoms with Crippen molar-refractivity contribution in [3.05, 3.63) is 0 Å². The molecule has 0 aromatic heterocycles. The van der Waals surface area contributed by atoms with E-state index < -0.39 is 61.1 Å². The molecule has 124 valence electrons. The number of aliphatic carboxylic acids is 2. The Labute approximate surface area is 125 Å². The topological polar surface area (TPSA) is 202 Å². The first-order chi connectivity index (χ1) is 10.1. The van der Waals surface area contributed by atoms with Crippen LogP contribution in [0.1, 0.15) is 19.3 Å². The molecular weight excluding hydrogens is 300 g/mol. The summed E-state index contributed by atoms with van der Waals surface area (Å²) in [6.45, 7) is -0.689. The lowest BCUT2D eigenvalue weighted by Gasteiger charge is -2.19. The molecule has 0 saturated heterocycles. The van der Waals surface area contributed by atoms with Gasteiger partial charge in [0.1, 0.15) is 12.6 Å². The van der Waals surface area contributed by atoms with Crippen molar-refractivity contribution in [2.24, 2.45) is 11.5 Å². The summed E-state index contributed by atoms with van der Waals surface area (Å²) in [6, 6.07) is -2.58. The molecule has 0 saturated carbocycles. The van der Waals surface area contributed by atoms with Gasteiger partial charge in [-0.1, -0.05) is 0 Å². The van der Waals surface area contributed by atoms with Crippen LogP contribution >= 0.6 is 0 Å². The lowest BCUT2D eigenvalue weighted by atomic mass is 10.1. The largest absolute Gasteiger partial charge is 0.481 e. The fourth-order valence-corrected chi connectivity index (χ4v) is 1.41. The summed E-state index contributed by atoms with van der Waals surface area (Å²) < 4.78 is 0. The number of carbonyl (C=O) groups is 5. The zero-order valence-corrected chi connectivity index (χ0v) is 11.6. The Morgan fingerprint density at radius 2 is 1.59 bits per heavy atom. The standard InChI is InChI=1S/C11H18N4O7/c12-5(3-7(13)16)10(21)15-6(1-2-8(17)18)11(22)14-4-9(19)20/h5-6H,1-4,12H2,(H2,13,16)(H,14,22)(H,15,21)(H,17,18)(H,19,20)/t5-,6-/m0/s1. The molecule has 0 unspecified atom stereocenters. The Morgan fingerprint density at radius 1 is 1.00 bits per heavy atom. The maximum atomic E-state index is 11.7. The van der Waals surface area contributed by atoms with E-state index in [1.807, 2.05) is 5.32 Å². The van der Waals surface area contributed by atoms with Crippen LogP contribution in [0.4, 0.5) is 0 Å². The average Bonchev–Trinajstić information content (AvgIpc) is 2.39. The molecule has 22 heavy (non-hydrogen) atoms. The number of nitrogens with one attached hydrogen (secondary N) is 2. The molecule has 8 N–H and O–H groups in total. The predicted octanol–water partition coefficient (Wildman–Crippen LogP) is -3.26. The van der Waals surface area contributed by atoms with Gasteiger partial charge in [0.05, 0.1) is 12.5 Å². The van der Waals surface area contributed by atoms with Crippen LogP contribution in [0.15, 0.2) is 0 Å². The fourth-order valence-electron chi connectivity index (χ4n) is 1.41. The highest BCUT2D eigenvalue weighted by Crippen LogP contribution is 2.00. The van der Waals surface area contributed by atoms with Gasteiger partial charge < -0.3 is 32.3 Å². The fraction of sp³-hybridized carbons (Fsp3) is 0.545. The van der Waals surface area contributed by atoms with Gasteiger partial charge in [-0.05, 0) is 6.42 Å². The van der Waals surface area contributed by atoms with Crippen LogP contribution in [0.25, 0.3) is 0 Å². The molecule has 0 aromatic carbocycles. The number of rotatable bonds is 10. The van der Waals surface area contributed by atoms with Gasteiger partial charge in [-0.3, -0.25) is 24.0 Å². The predicted molar refractivity (Wildman–Crippen MR) is 71.2 cm³/mol. The van der Waals surface area contributed by atoms with Gasteiger partial charge in [0.2, 0.25) is 17.7 Å². The van der Waals surface area contributed by atoms with Gasteiger partial charge in [0.15, 0.2) is 0 Å². The summed E-state index contributed by atoms with van der Waals surface area (Å²) in [5.74, 6) is -5.07. The number of carbonyl (C=O) groups excluding carboxylic acids is 3. The number of carboxylic acids is 2. The molecule has 0 heterocycles. The minimum atomic E-state index is -1.30. The van der Waals surface area contributed by atoms with E-state index in [0.717, 1.165) is 0 Å². The molecule has 0 aliphatic heterocycles. The van der Waals surface area contributed by atoms with Crippen molar-refractivity contribution in [3.63, 3.8) is 0 Å². The van der Waals surface area contributed by atoms with Gasteiger partial charge in [0, 0.05) is 6.42 Å². The normalized spacial score (nSPS) is 12.8. The first-order valence-corrected chi connectivity index (χ1v) is 6.19. The summed E-state index contributed by atoms with van der Waals surface area (Å²) in [4.78, 5) is 55.0. The van der Waals surface area contributed by atoms with Crippen LogP contribution in [-0.4, -0.2) is 58.5 Å². The van der Waals surface area contributed by atoms with Crippen LogP contribution < -0.4 is 22.1 Å². The van der Waals surface area contributed by atoms with Crippen molar-refractivity contribution in [2.75, 3.05) is 6.54 Å². The maximum Gasteiger partial charge on any atom is 0.322 e. The second kappa shape index (κ2) is 9.28. The molecule has 2 atom stereocenters. The Morgan fingerprint density at radius 3 is 2.05 bits per heavy atom. The Balaban J connectivity index is 4.73. The highest BCUT2D eigenvalue weighted by atomic mass is 16.4. The second-order valence-corrected chi connectivity index (χ2v) is 4.38. The quantitative estimate of drug-likeness (QED) is 0.241. The summed E-state index contributed by atoms with van der Waals surface area (Å²) in [5.41, 5.74) is 10.3. The first kappa shape index (κ1) is 19.3. The van der Waals surface area contributed by atoms with Crippen LogP contribution in [0, 0.1) is 0 Å². The monoisotopic (exact) mass is 318 g/mol. The van der Waals surface area contributed by atoms with Crippen LogP contribution in [-0.2, 0) is 24.0 Å². The maximum absolute atomic E-state index is 11.7. The van der Waals surface area contributed by atoms with Gasteiger partial charge >= 0.3 is 11.9 Å². The van der Waals surface area contributed by atoms with E-state index in [1.54, 1.807) is 0 Å². The van der Waals surface area contributed by atoms with Crippen LogP contribution in [0.2, 0.25) is 0 Å². The highest BCUT2D eigenvalue weighted by Gasteiger charge is 2.25. The molecular formula is C11H18N4O7. The third-order valence-electron chi connectivity index (χ3n) is 2.45. The number of carboxylic acid groups (broad SMARTS) is 2. The number of nitrogens with two attached hydrogens (primary N) is 2. The van der Waals surface area contributed by atoms with E-state index in [9.17, 15) is 24.0 Å². The van der Waals surface area contributed by atoms with Crippen molar-refractivity contribution >= 4 is 29.7 Å². The summed E-state index contributed by atoms with van der Waals surface area (Å²) in [5, 5.41) is 21.2. The first-order valence-electron chi connectivity index (χ1n) is 6.19. The van der Waals surface area contributed by atoms with Gasteiger partial charge in [-0.25, -0.2) is 0 Å². The SMILES string of the molecule is NC(=O)C[C@H](N)C(=O)N[C@@H](CCC(=O)O)C(=O)NCC(=O)O. The third-order valence-corrected chi connectivity index (χ3v) is 2.45.